The maximum atomic E-state index is 6.84. The smallest absolute Gasteiger partial charge is 0.161 e. The van der Waals surface area contributed by atoms with Gasteiger partial charge in [-0.3, -0.25) is 0 Å². The quantitative estimate of drug-likeness (QED) is 0.217. The van der Waals surface area contributed by atoms with Crippen molar-refractivity contribution in [1.82, 2.24) is 14.5 Å². The molecule has 186 valence electrons. The highest BCUT2D eigenvalue weighted by molar-refractivity contribution is 6.37. The van der Waals surface area contributed by atoms with E-state index in [1.807, 2.05) is 6.07 Å². The fourth-order valence-corrected chi connectivity index (χ4v) is 6.50. The summed E-state index contributed by atoms with van der Waals surface area (Å²) >= 11 is 0. The van der Waals surface area contributed by atoms with Crippen LogP contribution in [0.5, 0.6) is 0 Å². The molecule has 9 rings (SSSR count). The first-order chi connectivity index (χ1) is 19.9. The predicted octanol–water partition coefficient (Wildman–Crippen LogP) is 9.45. The van der Waals surface area contributed by atoms with Gasteiger partial charge in [-0.15, -0.1) is 0 Å². The molecule has 40 heavy (non-hydrogen) atoms. The fourth-order valence-electron chi connectivity index (χ4n) is 6.50. The highest BCUT2D eigenvalue weighted by Crippen LogP contribution is 2.48. The van der Waals surface area contributed by atoms with Crippen molar-refractivity contribution in [3.8, 4) is 17.1 Å². The molecule has 0 unspecified atom stereocenters. The van der Waals surface area contributed by atoms with E-state index in [0.717, 1.165) is 55.0 Å². The lowest BCUT2D eigenvalue weighted by atomic mass is 9.95. The Balaban J connectivity index is 1.63. The summed E-state index contributed by atoms with van der Waals surface area (Å²) in [6.07, 6.45) is 3.60. The molecule has 0 amide bonds. The maximum absolute atomic E-state index is 6.84. The summed E-state index contributed by atoms with van der Waals surface area (Å²) in [6, 6.07) is 40.3. The molecule has 9 aromatic rings. The van der Waals surface area contributed by atoms with Gasteiger partial charge in [-0.2, -0.15) is 0 Å². The summed E-state index contributed by atoms with van der Waals surface area (Å²) in [5, 5.41) is 9.32. The first-order valence-corrected chi connectivity index (χ1v) is 13.4. The highest BCUT2D eigenvalue weighted by Gasteiger charge is 2.25. The van der Waals surface area contributed by atoms with Gasteiger partial charge in [0.2, 0.25) is 0 Å². The van der Waals surface area contributed by atoms with Crippen molar-refractivity contribution < 1.29 is 4.42 Å². The van der Waals surface area contributed by atoms with Crippen LogP contribution in [0.15, 0.2) is 132 Å². The molecule has 0 aliphatic heterocycles. The van der Waals surface area contributed by atoms with E-state index in [0.29, 0.717) is 5.82 Å². The van der Waals surface area contributed by atoms with Gasteiger partial charge in [0, 0.05) is 50.6 Å². The van der Waals surface area contributed by atoms with Gasteiger partial charge < -0.3 is 8.98 Å². The van der Waals surface area contributed by atoms with E-state index in [1.54, 1.807) is 12.4 Å². The number of rotatable bonds is 2. The molecule has 0 aliphatic carbocycles. The maximum Gasteiger partial charge on any atom is 0.161 e. The van der Waals surface area contributed by atoms with E-state index in [-0.39, 0.29) is 0 Å². The van der Waals surface area contributed by atoms with Crippen molar-refractivity contribution >= 4 is 65.3 Å². The van der Waals surface area contributed by atoms with Crippen LogP contribution in [0.25, 0.3) is 82.4 Å². The third-order valence-electron chi connectivity index (χ3n) is 8.07. The van der Waals surface area contributed by atoms with Gasteiger partial charge in [0.25, 0.3) is 0 Å². The molecule has 0 radical (unpaired) electrons. The largest absolute Gasteiger partial charge is 0.455 e. The lowest BCUT2D eigenvalue weighted by Gasteiger charge is -2.11. The molecule has 4 nitrogen and oxygen atoms in total. The molecule has 3 heterocycles. The number of para-hydroxylation sites is 2. The number of hydrogen-bond donors (Lipinski definition) is 0. The standard InChI is InChI=1S/C36H21N3O/c1-2-11-22(12-3-1)39-29-18-9-8-17-27(29)31-33-30(21-28(34(31)39)36-37-19-10-20-38-36)40-35-26-16-7-5-14-24(26)23-13-4-6-15-25(23)32(33)35/h1-21H. The van der Waals surface area contributed by atoms with E-state index in [4.69, 9.17) is 14.4 Å². The molecule has 0 N–H and O–H groups in total. The minimum atomic E-state index is 0.671. The van der Waals surface area contributed by atoms with Gasteiger partial charge in [0.15, 0.2) is 5.82 Å². The molecule has 3 aromatic heterocycles. The van der Waals surface area contributed by atoms with Gasteiger partial charge in [0.05, 0.1) is 11.0 Å². The van der Waals surface area contributed by atoms with Crippen molar-refractivity contribution in [3.63, 3.8) is 0 Å². The van der Waals surface area contributed by atoms with Crippen LogP contribution in [0.4, 0.5) is 0 Å². The molecule has 0 fully saturated rings. The topological polar surface area (TPSA) is 43.9 Å². The van der Waals surface area contributed by atoms with Crippen molar-refractivity contribution in [2.45, 2.75) is 0 Å². The third kappa shape index (κ3) is 2.79. The van der Waals surface area contributed by atoms with Crippen LogP contribution in [0.3, 0.4) is 0 Å². The average molecular weight is 512 g/mol. The van der Waals surface area contributed by atoms with Crippen LogP contribution in [-0.4, -0.2) is 14.5 Å². The molecule has 0 bridgehead atoms. The molecule has 0 saturated heterocycles. The Bertz CT molecular complexity index is 2420. The van der Waals surface area contributed by atoms with E-state index in [9.17, 15) is 0 Å². The summed E-state index contributed by atoms with van der Waals surface area (Å²) < 4.78 is 9.19. The SMILES string of the molecule is c1ccc(-n2c3ccccc3c3c4c(cc(-c5ncccn5)c32)oc2c3ccccc3c3ccccc3c24)cc1. The third-order valence-corrected chi connectivity index (χ3v) is 8.07. The molecule has 0 atom stereocenters. The number of fused-ring (bicyclic) bond motifs is 12. The van der Waals surface area contributed by atoms with E-state index >= 15 is 0 Å². The van der Waals surface area contributed by atoms with Gasteiger partial charge in [-0.1, -0.05) is 84.9 Å². The average Bonchev–Trinajstić information content (AvgIpc) is 3.58. The minimum Gasteiger partial charge on any atom is -0.455 e. The molecular formula is C36H21N3O. The first kappa shape index (κ1) is 21.5. The Morgan fingerprint density at radius 2 is 1.15 bits per heavy atom. The Labute approximate surface area is 228 Å². The number of nitrogens with zero attached hydrogens (tertiary/aromatic N) is 3. The second-order valence-electron chi connectivity index (χ2n) is 10.2. The Kier molecular flexibility index (Phi) is 4.30. The van der Waals surface area contributed by atoms with Crippen LogP contribution in [0, 0.1) is 0 Å². The van der Waals surface area contributed by atoms with Crippen LogP contribution >= 0.6 is 0 Å². The van der Waals surface area contributed by atoms with Crippen molar-refractivity contribution in [1.29, 1.82) is 0 Å². The van der Waals surface area contributed by atoms with Crippen molar-refractivity contribution in [2.75, 3.05) is 0 Å². The lowest BCUT2D eigenvalue weighted by molar-refractivity contribution is 0.673. The summed E-state index contributed by atoms with van der Waals surface area (Å²) in [7, 11) is 0. The summed E-state index contributed by atoms with van der Waals surface area (Å²) in [5.41, 5.74) is 5.98. The van der Waals surface area contributed by atoms with Crippen LogP contribution in [-0.2, 0) is 0 Å². The molecule has 0 saturated carbocycles. The summed E-state index contributed by atoms with van der Waals surface area (Å²) in [4.78, 5) is 9.40. The summed E-state index contributed by atoms with van der Waals surface area (Å²) in [5.74, 6) is 0.671. The number of aromatic nitrogens is 3. The minimum absolute atomic E-state index is 0.671. The molecular weight excluding hydrogens is 490 g/mol. The first-order valence-electron chi connectivity index (χ1n) is 13.4. The zero-order valence-corrected chi connectivity index (χ0v) is 21.4. The zero-order valence-electron chi connectivity index (χ0n) is 21.4. The molecule has 0 aliphatic rings. The van der Waals surface area contributed by atoms with Crippen LogP contribution in [0.1, 0.15) is 0 Å². The highest BCUT2D eigenvalue weighted by atomic mass is 16.3. The van der Waals surface area contributed by atoms with Gasteiger partial charge in [-0.05, 0) is 46.5 Å². The van der Waals surface area contributed by atoms with Crippen molar-refractivity contribution in [3.05, 3.63) is 128 Å². The molecule has 6 aromatic carbocycles. The number of hydrogen-bond acceptors (Lipinski definition) is 3. The molecule has 4 heteroatoms. The second-order valence-corrected chi connectivity index (χ2v) is 10.2. The Hall–Kier alpha value is -5.48. The van der Waals surface area contributed by atoms with Crippen LogP contribution < -0.4 is 0 Å². The monoisotopic (exact) mass is 511 g/mol. The van der Waals surface area contributed by atoms with Gasteiger partial charge in [-0.25, -0.2) is 9.97 Å². The van der Waals surface area contributed by atoms with Gasteiger partial charge in [0.1, 0.15) is 11.2 Å². The molecule has 0 spiro atoms. The van der Waals surface area contributed by atoms with E-state index < -0.39 is 0 Å². The lowest BCUT2D eigenvalue weighted by Crippen LogP contribution is -1.97. The Morgan fingerprint density at radius 3 is 1.93 bits per heavy atom. The Morgan fingerprint density at radius 1 is 0.525 bits per heavy atom. The van der Waals surface area contributed by atoms with E-state index in [2.05, 4.69) is 114 Å². The normalized spacial score (nSPS) is 12.0. The second kappa shape index (κ2) is 8.01. The predicted molar refractivity (Wildman–Crippen MR) is 164 cm³/mol. The number of benzene rings is 6. The zero-order chi connectivity index (χ0) is 26.2. The van der Waals surface area contributed by atoms with E-state index in [1.165, 1.54) is 21.5 Å². The van der Waals surface area contributed by atoms with Crippen molar-refractivity contribution in [2.24, 2.45) is 0 Å². The fraction of sp³-hybridized carbons (Fsp3) is 0. The summed E-state index contributed by atoms with van der Waals surface area (Å²) in [6.45, 7) is 0. The van der Waals surface area contributed by atoms with Crippen LogP contribution in [0.2, 0.25) is 0 Å². The number of furan rings is 1. The van der Waals surface area contributed by atoms with Gasteiger partial charge >= 0.3 is 0 Å².